The fourth-order valence-corrected chi connectivity index (χ4v) is 0.940. The first-order valence-corrected chi connectivity index (χ1v) is 3.73. The summed E-state index contributed by atoms with van der Waals surface area (Å²) in [6.45, 7) is 0. The summed E-state index contributed by atoms with van der Waals surface area (Å²) in [5.41, 5.74) is 1.12. The SMILES string of the molecule is O=C(O)c1ccc(NBr)cc1. The minimum atomic E-state index is -0.911. The molecule has 11 heavy (non-hydrogen) atoms. The lowest BCUT2D eigenvalue weighted by molar-refractivity contribution is 0.0697. The number of carbonyl (C=O) groups is 1. The molecule has 4 heteroatoms. The number of anilines is 1. The van der Waals surface area contributed by atoms with E-state index in [0.717, 1.165) is 5.69 Å². The third-order valence-corrected chi connectivity index (χ3v) is 1.70. The van der Waals surface area contributed by atoms with Gasteiger partial charge in [0.1, 0.15) is 0 Å². The highest BCUT2D eigenvalue weighted by Crippen LogP contribution is 2.10. The molecule has 1 aromatic carbocycles. The molecule has 1 rings (SSSR count). The van der Waals surface area contributed by atoms with E-state index in [1.54, 1.807) is 12.1 Å². The van der Waals surface area contributed by atoms with Gasteiger partial charge in [0, 0.05) is 21.8 Å². The van der Waals surface area contributed by atoms with Gasteiger partial charge in [0.2, 0.25) is 0 Å². The molecule has 0 atom stereocenters. The molecular formula is C7H6BrNO2. The van der Waals surface area contributed by atoms with Gasteiger partial charge in [-0.2, -0.15) is 0 Å². The van der Waals surface area contributed by atoms with Crippen molar-refractivity contribution in [1.29, 1.82) is 0 Å². The molecule has 0 heterocycles. The Kier molecular flexibility index (Phi) is 2.48. The maximum Gasteiger partial charge on any atom is 0.335 e. The van der Waals surface area contributed by atoms with Crippen LogP contribution in [0.4, 0.5) is 5.69 Å². The van der Waals surface area contributed by atoms with Crippen molar-refractivity contribution in [2.45, 2.75) is 0 Å². The zero-order chi connectivity index (χ0) is 8.27. The summed E-state index contributed by atoms with van der Waals surface area (Å²) in [6, 6.07) is 6.42. The van der Waals surface area contributed by atoms with Crippen molar-refractivity contribution >= 4 is 27.8 Å². The summed E-state index contributed by atoms with van der Waals surface area (Å²) in [6.07, 6.45) is 0. The number of hydrogen-bond acceptors (Lipinski definition) is 2. The van der Waals surface area contributed by atoms with Crippen LogP contribution in [0.15, 0.2) is 24.3 Å². The topological polar surface area (TPSA) is 49.3 Å². The molecule has 0 saturated heterocycles. The predicted octanol–water partition coefficient (Wildman–Crippen LogP) is 2.11. The first kappa shape index (κ1) is 8.07. The first-order chi connectivity index (χ1) is 5.24. The highest BCUT2D eigenvalue weighted by Gasteiger charge is 1.99. The van der Waals surface area contributed by atoms with Crippen LogP contribution in [-0.2, 0) is 0 Å². The van der Waals surface area contributed by atoms with Crippen LogP contribution in [0.3, 0.4) is 0 Å². The van der Waals surface area contributed by atoms with Crippen molar-refractivity contribution in [2.24, 2.45) is 0 Å². The summed E-state index contributed by atoms with van der Waals surface area (Å²) in [7, 11) is 0. The molecule has 0 fully saturated rings. The summed E-state index contributed by atoms with van der Waals surface area (Å²) in [5, 5.41) is 8.52. The largest absolute Gasteiger partial charge is 0.478 e. The van der Waals surface area contributed by atoms with E-state index < -0.39 is 5.97 Å². The van der Waals surface area contributed by atoms with Crippen LogP contribution >= 0.6 is 16.1 Å². The number of halogens is 1. The lowest BCUT2D eigenvalue weighted by atomic mass is 10.2. The number of hydrogen-bond donors (Lipinski definition) is 2. The fourth-order valence-electron chi connectivity index (χ4n) is 0.676. The van der Waals surface area contributed by atoms with E-state index in [2.05, 4.69) is 20.5 Å². The molecule has 0 aliphatic rings. The Morgan fingerprint density at radius 1 is 1.36 bits per heavy atom. The molecule has 0 spiro atoms. The minimum absolute atomic E-state index is 0.288. The lowest BCUT2D eigenvalue weighted by Crippen LogP contribution is -1.94. The molecule has 3 nitrogen and oxygen atoms in total. The van der Waals surface area contributed by atoms with E-state index in [-0.39, 0.29) is 5.56 Å². The van der Waals surface area contributed by atoms with E-state index in [0.29, 0.717) is 0 Å². The maximum absolute atomic E-state index is 10.4. The van der Waals surface area contributed by atoms with Crippen molar-refractivity contribution in [1.82, 2.24) is 0 Å². The Hall–Kier alpha value is -1.03. The molecule has 0 aliphatic heterocycles. The summed E-state index contributed by atoms with van der Waals surface area (Å²) >= 11 is 3.02. The Morgan fingerprint density at radius 2 is 1.91 bits per heavy atom. The predicted molar refractivity (Wildman–Crippen MR) is 46.0 cm³/mol. The molecule has 0 aliphatic carbocycles. The van der Waals surface area contributed by atoms with Crippen molar-refractivity contribution < 1.29 is 9.90 Å². The van der Waals surface area contributed by atoms with Gasteiger partial charge in [-0.1, -0.05) is 0 Å². The van der Waals surface area contributed by atoms with E-state index in [1.165, 1.54) is 12.1 Å². The monoisotopic (exact) mass is 215 g/mol. The van der Waals surface area contributed by atoms with Gasteiger partial charge in [-0.05, 0) is 24.3 Å². The van der Waals surface area contributed by atoms with Gasteiger partial charge < -0.3 is 9.45 Å². The first-order valence-electron chi connectivity index (χ1n) is 2.94. The average Bonchev–Trinajstić information content (AvgIpc) is 2.05. The molecule has 1 aromatic rings. The highest BCUT2D eigenvalue weighted by atomic mass is 79.9. The maximum atomic E-state index is 10.4. The summed E-state index contributed by atoms with van der Waals surface area (Å²) < 4.78 is 2.71. The highest BCUT2D eigenvalue weighted by molar-refractivity contribution is 9.10. The summed E-state index contributed by atoms with van der Waals surface area (Å²) in [4.78, 5) is 10.4. The number of benzene rings is 1. The molecule has 0 amide bonds. The second-order valence-electron chi connectivity index (χ2n) is 1.98. The van der Waals surface area contributed by atoms with Crippen LogP contribution in [0.5, 0.6) is 0 Å². The van der Waals surface area contributed by atoms with E-state index in [1.807, 2.05) is 0 Å². The molecular weight excluding hydrogens is 210 g/mol. The van der Waals surface area contributed by atoms with Gasteiger partial charge in [0.05, 0.1) is 5.56 Å². The minimum Gasteiger partial charge on any atom is -0.478 e. The second-order valence-corrected chi connectivity index (χ2v) is 2.37. The van der Waals surface area contributed by atoms with Crippen LogP contribution in [0.2, 0.25) is 0 Å². The van der Waals surface area contributed by atoms with Gasteiger partial charge >= 0.3 is 5.97 Å². The van der Waals surface area contributed by atoms with Gasteiger partial charge in [0.25, 0.3) is 0 Å². The molecule has 0 unspecified atom stereocenters. The molecule has 0 bridgehead atoms. The van der Waals surface area contributed by atoms with Gasteiger partial charge in [-0.25, -0.2) is 4.79 Å². The lowest BCUT2D eigenvalue weighted by Gasteiger charge is -1.97. The van der Waals surface area contributed by atoms with E-state index in [9.17, 15) is 4.79 Å². The third kappa shape index (κ3) is 1.94. The van der Waals surface area contributed by atoms with Crippen LogP contribution in [0, 0.1) is 0 Å². The molecule has 0 radical (unpaired) electrons. The smallest absolute Gasteiger partial charge is 0.335 e. The van der Waals surface area contributed by atoms with Crippen LogP contribution in [0.1, 0.15) is 10.4 Å². The van der Waals surface area contributed by atoms with Crippen LogP contribution < -0.4 is 4.34 Å². The Morgan fingerprint density at radius 3 is 2.27 bits per heavy atom. The van der Waals surface area contributed by atoms with Crippen molar-refractivity contribution in [3.05, 3.63) is 29.8 Å². The van der Waals surface area contributed by atoms with Gasteiger partial charge in [-0.15, -0.1) is 0 Å². The molecule has 0 aromatic heterocycles. The Labute approximate surface area is 72.4 Å². The normalized spacial score (nSPS) is 9.18. The van der Waals surface area contributed by atoms with Crippen molar-refractivity contribution in [3.8, 4) is 0 Å². The molecule has 2 N–H and O–H groups in total. The Balaban J connectivity index is 2.91. The number of rotatable bonds is 2. The van der Waals surface area contributed by atoms with Gasteiger partial charge in [-0.3, -0.25) is 0 Å². The molecule has 58 valence electrons. The Bertz CT molecular complexity index is 258. The van der Waals surface area contributed by atoms with Crippen LogP contribution in [0.25, 0.3) is 0 Å². The number of carboxylic acids is 1. The third-order valence-electron chi connectivity index (χ3n) is 1.24. The molecule has 0 saturated carbocycles. The summed E-state index contributed by atoms with van der Waals surface area (Å²) in [5.74, 6) is -0.911. The average molecular weight is 216 g/mol. The number of aromatic carboxylic acids is 1. The zero-order valence-electron chi connectivity index (χ0n) is 5.54. The zero-order valence-corrected chi connectivity index (χ0v) is 7.13. The fraction of sp³-hybridized carbons (Fsp3) is 0. The second kappa shape index (κ2) is 3.39. The number of nitrogens with one attached hydrogen (secondary N) is 1. The van der Waals surface area contributed by atoms with Crippen molar-refractivity contribution in [3.63, 3.8) is 0 Å². The van der Waals surface area contributed by atoms with Crippen LogP contribution in [-0.4, -0.2) is 11.1 Å². The van der Waals surface area contributed by atoms with Crippen molar-refractivity contribution in [2.75, 3.05) is 4.34 Å². The van der Waals surface area contributed by atoms with E-state index in [4.69, 9.17) is 5.11 Å². The quantitative estimate of drug-likeness (QED) is 0.744. The van der Waals surface area contributed by atoms with Gasteiger partial charge in [0.15, 0.2) is 0 Å². The number of carboxylic acid groups (broad SMARTS) is 1. The standard InChI is InChI=1S/C7H6BrNO2/c8-9-6-3-1-5(2-4-6)7(10)11/h1-4,9H,(H,10,11). The van der Waals surface area contributed by atoms with E-state index >= 15 is 0 Å².